The van der Waals surface area contributed by atoms with Crippen LogP contribution in [0, 0.1) is 0 Å². The van der Waals surface area contributed by atoms with Gasteiger partial charge in [-0.1, -0.05) is 24.3 Å². The lowest BCUT2D eigenvalue weighted by Gasteiger charge is -2.36. The van der Waals surface area contributed by atoms with Gasteiger partial charge in [-0.05, 0) is 24.3 Å². The van der Waals surface area contributed by atoms with Crippen molar-refractivity contribution in [3.05, 3.63) is 59.7 Å². The monoisotopic (exact) mass is 365 g/mol. The number of fused-ring (bicyclic) bond motifs is 2. The Morgan fingerprint density at radius 3 is 2.33 bits per heavy atom. The molecule has 2 aromatic carbocycles. The number of para-hydroxylation sites is 2. The number of anilines is 1. The minimum absolute atomic E-state index is 0.213. The molecule has 2 aliphatic rings. The summed E-state index contributed by atoms with van der Waals surface area (Å²) in [6.45, 7) is 1.00. The molecule has 0 fully saturated rings. The second-order valence-corrected chi connectivity index (χ2v) is 6.44. The Morgan fingerprint density at radius 2 is 1.67 bits per heavy atom. The second-order valence-electron chi connectivity index (χ2n) is 6.44. The Kier molecular flexibility index (Phi) is 4.27. The molecule has 0 saturated carbocycles. The van der Waals surface area contributed by atoms with Crippen LogP contribution in [0.15, 0.2) is 48.5 Å². The molecule has 7 nitrogen and oxygen atoms in total. The van der Waals surface area contributed by atoms with Gasteiger partial charge in [0, 0.05) is 20.1 Å². The zero-order valence-corrected chi connectivity index (χ0v) is 14.8. The Morgan fingerprint density at radius 1 is 1.04 bits per heavy atom. The molecule has 2 aliphatic heterocycles. The molecule has 7 heteroatoms. The van der Waals surface area contributed by atoms with E-state index in [1.165, 1.54) is 4.90 Å². The first kappa shape index (κ1) is 17.1. The number of likely N-dealkylation sites (N-methyl/N-ethyl adjacent to an activating group) is 1. The van der Waals surface area contributed by atoms with Crippen molar-refractivity contribution in [2.24, 2.45) is 0 Å². The van der Waals surface area contributed by atoms with Gasteiger partial charge in [0.05, 0.1) is 23.4 Å². The minimum atomic E-state index is -0.646. The molecule has 0 spiro atoms. The summed E-state index contributed by atoms with van der Waals surface area (Å²) in [4.78, 5) is 40.4. The number of benzene rings is 2. The Hall–Kier alpha value is -3.35. The Bertz CT molecular complexity index is 892. The highest BCUT2D eigenvalue weighted by Gasteiger charge is 2.36. The maximum atomic E-state index is 12.5. The van der Waals surface area contributed by atoms with Gasteiger partial charge in [0.1, 0.15) is 5.75 Å². The molecule has 3 amide bonds. The maximum absolute atomic E-state index is 12.5. The largest absolute Gasteiger partial charge is 0.477 e. The number of carbonyl (C=O) groups is 3. The van der Waals surface area contributed by atoms with Crippen LogP contribution in [0.2, 0.25) is 0 Å². The van der Waals surface area contributed by atoms with Crippen molar-refractivity contribution in [2.45, 2.75) is 6.10 Å². The van der Waals surface area contributed by atoms with Gasteiger partial charge in [-0.25, -0.2) is 0 Å². The van der Waals surface area contributed by atoms with Crippen molar-refractivity contribution in [3.8, 4) is 5.75 Å². The third-order valence-electron chi connectivity index (χ3n) is 4.87. The van der Waals surface area contributed by atoms with E-state index in [-0.39, 0.29) is 24.3 Å². The van der Waals surface area contributed by atoms with E-state index in [9.17, 15) is 14.4 Å². The predicted molar refractivity (Wildman–Crippen MR) is 98.9 cm³/mol. The van der Waals surface area contributed by atoms with Crippen LogP contribution in [0.5, 0.6) is 5.75 Å². The van der Waals surface area contributed by atoms with Crippen molar-refractivity contribution in [2.75, 3.05) is 31.6 Å². The molecule has 4 rings (SSSR count). The van der Waals surface area contributed by atoms with Gasteiger partial charge in [-0.15, -0.1) is 0 Å². The smallest absolute Gasteiger partial charge is 0.262 e. The number of imide groups is 1. The molecule has 0 unspecified atom stereocenters. The van der Waals surface area contributed by atoms with Crippen LogP contribution < -0.4 is 15.0 Å². The number of rotatable bonds is 4. The van der Waals surface area contributed by atoms with E-state index in [1.54, 1.807) is 37.4 Å². The molecule has 0 radical (unpaired) electrons. The van der Waals surface area contributed by atoms with Crippen molar-refractivity contribution >= 4 is 23.4 Å². The van der Waals surface area contributed by atoms with Gasteiger partial charge in [0.2, 0.25) is 0 Å². The van der Waals surface area contributed by atoms with Crippen molar-refractivity contribution in [1.82, 2.24) is 10.2 Å². The highest BCUT2D eigenvalue weighted by atomic mass is 16.5. The lowest BCUT2D eigenvalue weighted by atomic mass is 10.1. The van der Waals surface area contributed by atoms with E-state index >= 15 is 0 Å². The summed E-state index contributed by atoms with van der Waals surface area (Å²) >= 11 is 0. The third-order valence-corrected chi connectivity index (χ3v) is 4.87. The van der Waals surface area contributed by atoms with Gasteiger partial charge < -0.3 is 15.0 Å². The average Bonchev–Trinajstić information content (AvgIpc) is 2.95. The van der Waals surface area contributed by atoms with Crippen LogP contribution in [0.1, 0.15) is 20.7 Å². The number of carbonyl (C=O) groups excluding carboxylic acids is 3. The van der Waals surface area contributed by atoms with E-state index in [0.29, 0.717) is 30.0 Å². The summed E-state index contributed by atoms with van der Waals surface area (Å²) in [5.41, 5.74) is 1.72. The normalized spacial score (nSPS) is 18.0. The number of amides is 3. The number of ether oxygens (including phenoxy) is 1. The van der Waals surface area contributed by atoms with E-state index in [1.807, 2.05) is 23.1 Å². The molecule has 1 N–H and O–H groups in total. The molecular formula is C20H19N3O4. The number of hydrogen-bond acceptors (Lipinski definition) is 5. The maximum Gasteiger partial charge on any atom is 0.262 e. The highest BCUT2D eigenvalue weighted by molar-refractivity contribution is 6.21. The first-order valence-electron chi connectivity index (χ1n) is 8.77. The van der Waals surface area contributed by atoms with Crippen LogP contribution >= 0.6 is 0 Å². The summed E-state index contributed by atoms with van der Waals surface area (Å²) in [7, 11) is 1.56. The van der Waals surface area contributed by atoms with E-state index < -0.39 is 6.10 Å². The Labute approximate surface area is 156 Å². The molecule has 138 valence electrons. The molecule has 0 aliphatic carbocycles. The number of nitrogens with one attached hydrogen (secondary N) is 1. The first-order valence-corrected chi connectivity index (χ1v) is 8.77. The third kappa shape index (κ3) is 2.91. The summed E-state index contributed by atoms with van der Waals surface area (Å²) in [5.74, 6) is -0.157. The van der Waals surface area contributed by atoms with Crippen molar-refractivity contribution in [3.63, 3.8) is 0 Å². The topological polar surface area (TPSA) is 79.0 Å². The fraction of sp³-hybridized carbons (Fsp3) is 0.250. The van der Waals surface area contributed by atoms with Gasteiger partial charge in [0.25, 0.3) is 17.7 Å². The fourth-order valence-electron chi connectivity index (χ4n) is 3.48. The molecule has 0 aromatic heterocycles. The SMILES string of the molecule is CNC(=O)[C@@H]1CN(CCN2C(=O)c3ccccc3C2=O)c2ccccc2O1. The van der Waals surface area contributed by atoms with Crippen LogP contribution in [0.4, 0.5) is 5.69 Å². The molecule has 0 bridgehead atoms. The van der Waals surface area contributed by atoms with Gasteiger partial charge >= 0.3 is 0 Å². The van der Waals surface area contributed by atoms with Gasteiger partial charge in [-0.3, -0.25) is 19.3 Å². The summed E-state index contributed by atoms with van der Waals surface area (Å²) in [5, 5.41) is 2.60. The summed E-state index contributed by atoms with van der Waals surface area (Å²) in [6.07, 6.45) is -0.646. The van der Waals surface area contributed by atoms with Crippen LogP contribution in [0.3, 0.4) is 0 Å². The quantitative estimate of drug-likeness (QED) is 0.826. The zero-order chi connectivity index (χ0) is 19.0. The molecule has 0 saturated heterocycles. The fourth-order valence-corrected chi connectivity index (χ4v) is 3.48. The van der Waals surface area contributed by atoms with E-state index in [0.717, 1.165) is 5.69 Å². The average molecular weight is 365 g/mol. The van der Waals surface area contributed by atoms with Crippen molar-refractivity contribution in [1.29, 1.82) is 0 Å². The van der Waals surface area contributed by atoms with E-state index in [2.05, 4.69) is 5.32 Å². The van der Waals surface area contributed by atoms with Gasteiger partial charge in [-0.2, -0.15) is 0 Å². The predicted octanol–water partition coefficient (Wildman–Crippen LogP) is 1.30. The van der Waals surface area contributed by atoms with Crippen LogP contribution in [-0.2, 0) is 4.79 Å². The van der Waals surface area contributed by atoms with Crippen LogP contribution in [0.25, 0.3) is 0 Å². The zero-order valence-electron chi connectivity index (χ0n) is 14.8. The molecule has 27 heavy (non-hydrogen) atoms. The summed E-state index contributed by atoms with van der Waals surface area (Å²) < 4.78 is 5.78. The highest BCUT2D eigenvalue weighted by Crippen LogP contribution is 2.33. The minimum Gasteiger partial charge on any atom is -0.477 e. The Balaban J connectivity index is 1.53. The molecule has 2 aromatic rings. The molecular weight excluding hydrogens is 346 g/mol. The number of hydrogen-bond donors (Lipinski definition) is 1. The molecule has 1 atom stereocenters. The summed E-state index contributed by atoms with van der Waals surface area (Å²) in [6, 6.07) is 14.3. The standard InChI is InChI=1S/C20H19N3O4/c1-21-18(24)17-12-22(15-8-4-5-9-16(15)27-17)10-11-23-19(25)13-6-2-3-7-14(13)20(23)26/h2-9,17H,10-12H2,1H3,(H,21,24)/t17-/m0/s1. The van der Waals surface area contributed by atoms with Gasteiger partial charge in [0.15, 0.2) is 6.10 Å². The van der Waals surface area contributed by atoms with Crippen LogP contribution in [-0.4, -0.2) is 55.4 Å². The van der Waals surface area contributed by atoms with Crippen molar-refractivity contribution < 1.29 is 19.1 Å². The second kappa shape index (κ2) is 6.75. The first-order chi connectivity index (χ1) is 13.1. The number of nitrogens with zero attached hydrogens (tertiary/aromatic N) is 2. The molecule has 2 heterocycles. The lowest BCUT2D eigenvalue weighted by molar-refractivity contribution is -0.127. The van der Waals surface area contributed by atoms with E-state index in [4.69, 9.17) is 4.74 Å². The lowest BCUT2D eigenvalue weighted by Crippen LogP contribution is -2.50.